The number of anilines is 1. The Bertz CT molecular complexity index is 1080. The highest BCUT2D eigenvalue weighted by molar-refractivity contribution is 9.10. The number of amides is 1. The highest BCUT2D eigenvalue weighted by atomic mass is 79.9. The van der Waals surface area contributed by atoms with Crippen LogP contribution in [0.3, 0.4) is 0 Å². The Morgan fingerprint density at radius 2 is 2.00 bits per heavy atom. The van der Waals surface area contributed by atoms with Crippen molar-refractivity contribution in [2.24, 2.45) is 0 Å². The number of fused-ring (bicyclic) bond motifs is 1. The van der Waals surface area contributed by atoms with Gasteiger partial charge in [-0.25, -0.2) is 9.18 Å². The van der Waals surface area contributed by atoms with Gasteiger partial charge in [-0.1, -0.05) is 40.2 Å². The molecule has 0 saturated carbocycles. The average molecular weight is 446 g/mol. The number of carbonyl (C=O) groups excluding carboxylic acids is 1. The molecular weight excluding hydrogens is 433 g/mol. The number of hydrogen-bond donors (Lipinski definition) is 2. The second kappa shape index (κ2) is 6.90. The quantitative estimate of drug-likeness (QED) is 0.559. The summed E-state index contributed by atoms with van der Waals surface area (Å²) in [5.74, 6) is -2.01. The van der Waals surface area contributed by atoms with E-state index in [2.05, 4.69) is 21.2 Å². The molecular formula is C20H13BrFNO3S. The minimum absolute atomic E-state index is 0.0906. The SMILES string of the molecule is O=C1C[C@H](c2cccc(Br)c2)c2sc(C(=O)O)c(-c3cccc(F)c3)c2N1. The number of aromatic carboxylic acids is 1. The number of rotatable bonds is 3. The van der Waals surface area contributed by atoms with Gasteiger partial charge in [0.05, 0.1) is 5.69 Å². The number of benzene rings is 2. The van der Waals surface area contributed by atoms with Gasteiger partial charge < -0.3 is 10.4 Å². The van der Waals surface area contributed by atoms with Crippen molar-refractivity contribution in [2.75, 3.05) is 5.32 Å². The first-order chi connectivity index (χ1) is 12.9. The second-order valence-corrected chi connectivity index (χ2v) is 8.19. The first-order valence-electron chi connectivity index (χ1n) is 8.15. The Labute approximate surface area is 166 Å². The van der Waals surface area contributed by atoms with Gasteiger partial charge in [-0.2, -0.15) is 0 Å². The zero-order valence-electron chi connectivity index (χ0n) is 13.8. The number of thiophene rings is 1. The predicted octanol–water partition coefficient (Wildman–Crippen LogP) is 5.49. The maximum absolute atomic E-state index is 13.8. The monoisotopic (exact) mass is 445 g/mol. The van der Waals surface area contributed by atoms with Crippen LogP contribution in [0.5, 0.6) is 0 Å². The minimum atomic E-state index is -1.10. The van der Waals surface area contributed by atoms with Crippen molar-refractivity contribution in [3.05, 3.63) is 74.1 Å². The van der Waals surface area contributed by atoms with E-state index in [1.165, 1.54) is 18.2 Å². The minimum Gasteiger partial charge on any atom is -0.477 e. The normalized spacial score (nSPS) is 15.9. The summed E-state index contributed by atoms with van der Waals surface area (Å²) in [7, 11) is 0. The van der Waals surface area contributed by atoms with Gasteiger partial charge in [-0.3, -0.25) is 4.79 Å². The van der Waals surface area contributed by atoms with Crippen LogP contribution in [-0.2, 0) is 4.79 Å². The lowest BCUT2D eigenvalue weighted by atomic mass is 9.89. The number of carbonyl (C=O) groups is 2. The predicted molar refractivity (Wildman–Crippen MR) is 106 cm³/mol. The van der Waals surface area contributed by atoms with Crippen LogP contribution in [0.2, 0.25) is 0 Å². The van der Waals surface area contributed by atoms with Crippen LogP contribution in [0.25, 0.3) is 11.1 Å². The molecule has 1 atom stereocenters. The first kappa shape index (κ1) is 17.9. The maximum Gasteiger partial charge on any atom is 0.346 e. The van der Waals surface area contributed by atoms with Crippen molar-refractivity contribution in [3.8, 4) is 11.1 Å². The number of nitrogens with one attached hydrogen (secondary N) is 1. The van der Waals surface area contributed by atoms with Crippen molar-refractivity contribution in [3.63, 3.8) is 0 Å². The van der Waals surface area contributed by atoms with E-state index in [1.54, 1.807) is 6.07 Å². The van der Waals surface area contributed by atoms with Gasteiger partial charge in [-0.05, 0) is 35.4 Å². The lowest BCUT2D eigenvalue weighted by Gasteiger charge is -2.24. The van der Waals surface area contributed by atoms with E-state index in [4.69, 9.17) is 0 Å². The van der Waals surface area contributed by atoms with Gasteiger partial charge >= 0.3 is 5.97 Å². The molecule has 0 spiro atoms. The largest absolute Gasteiger partial charge is 0.477 e. The summed E-state index contributed by atoms with van der Waals surface area (Å²) < 4.78 is 14.6. The standard InChI is InChI=1S/C20H13BrFNO3S/c21-12-5-1-3-10(7-12)14-9-15(24)23-17-16(11-4-2-6-13(22)8-11)19(20(25)26)27-18(14)17/h1-8,14H,9H2,(H,23,24)(H,25,26)/t14-/m1/s1. The van der Waals surface area contributed by atoms with E-state index in [1.807, 2.05) is 24.3 Å². The van der Waals surface area contributed by atoms with Crippen LogP contribution in [-0.4, -0.2) is 17.0 Å². The summed E-state index contributed by atoms with van der Waals surface area (Å²) in [6.45, 7) is 0. The smallest absolute Gasteiger partial charge is 0.346 e. The molecule has 0 saturated heterocycles. The van der Waals surface area contributed by atoms with E-state index >= 15 is 0 Å². The average Bonchev–Trinajstić information content (AvgIpc) is 3.00. The Kier molecular flexibility index (Phi) is 4.57. The lowest BCUT2D eigenvalue weighted by Crippen LogP contribution is -2.22. The number of carboxylic acid groups (broad SMARTS) is 1. The van der Waals surface area contributed by atoms with Crippen LogP contribution in [0.15, 0.2) is 53.0 Å². The molecule has 1 amide bonds. The van der Waals surface area contributed by atoms with Crippen molar-refractivity contribution in [2.45, 2.75) is 12.3 Å². The number of halogens is 2. The van der Waals surface area contributed by atoms with E-state index in [0.717, 1.165) is 26.3 Å². The highest BCUT2D eigenvalue weighted by Gasteiger charge is 2.34. The summed E-state index contributed by atoms with van der Waals surface area (Å²) in [4.78, 5) is 25.1. The van der Waals surface area contributed by atoms with E-state index < -0.39 is 11.8 Å². The zero-order valence-corrected chi connectivity index (χ0v) is 16.2. The van der Waals surface area contributed by atoms with Crippen LogP contribution in [0.1, 0.15) is 32.5 Å². The molecule has 4 nitrogen and oxygen atoms in total. The zero-order chi connectivity index (χ0) is 19.1. The molecule has 2 aromatic carbocycles. The molecule has 0 unspecified atom stereocenters. The molecule has 7 heteroatoms. The van der Waals surface area contributed by atoms with Crippen molar-refractivity contribution in [1.29, 1.82) is 0 Å². The number of hydrogen-bond acceptors (Lipinski definition) is 3. The van der Waals surface area contributed by atoms with Gasteiger partial charge in [-0.15, -0.1) is 11.3 Å². The molecule has 2 heterocycles. The number of carboxylic acids is 1. The Morgan fingerprint density at radius 3 is 2.70 bits per heavy atom. The Balaban J connectivity index is 1.95. The molecule has 0 fully saturated rings. The van der Waals surface area contributed by atoms with Gasteiger partial charge in [0.1, 0.15) is 10.7 Å². The highest BCUT2D eigenvalue weighted by Crippen LogP contribution is 2.49. The third-order valence-corrected chi connectivity index (χ3v) is 6.25. The van der Waals surface area contributed by atoms with Crippen LogP contribution in [0.4, 0.5) is 10.1 Å². The molecule has 3 aromatic rings. The Hall–Kier alpha value is -2.51. The lowest BCUT2D eigenvalue weighted by molar-refractivity contribution is -0.116. The first-order valence-corrected chi connectivity index (χ1v) is 9.76. The third kappa shape index (κ3) is 3.28. The topological polar surface area (TPSA) is 66.4 Å². The van der Waals surface area contributed by atoms with Gasteiger partial charge in [0.15, 0.2) is 0 Å². The maximum atomic E-state index is 13.8. The fraction of sp³-hybridized carbons (Fsp3) is 0.100. The van der Waals surface area contributed by atoms with Crippen LogP contribution >= 0.6 is 27.3 Å². The molecule has 0 aliphatic carbocycles. The fourth-order valence-electron chi connectivity index (χ4n) is 3.35. The molecule has 1 aliphatic rings. The summed E-state index contributed by atoms with van der Waals surface area (Å²) >= 11 is 4.57. The second-order valence-electron chi connectivity index (χ2n) is 6.22. The molecule has 0 radical (unpaired) electrons. The Morgan fingerprint density at radius 1 is 1.22 bits per heavy atom. The molecule has 4 rings (SSSR count). The molecule has 1 aliphatic heterocycles. The van der Waals surface area contributed by atoms with E-state index in [9.17, 15) is 19.1 Å². The van der Waals surface area contributed by atoms with Crippen LogP contribution < -0.4 is 5.32 Å². The molecule has 27 heavy (non-hydrogen) atoms. The van der Waals surface area contributed by atoms with E-state index in [-0.39, 0.29) is 23.1 Å². The van der Waals surface area contributed by atoms with Gasteiger partial charge in [0.25, 0.3) is 0 Å². The van der Waals surface area contributed by atoms with Gasteiger partial charge in [0.2, 0.25) is 5.91 Å². The molecule has 1 aromatic heterocycles. The summed E-state index contributed by atoms with van der Waals surface area (Å²) in [5.41, 5.74) is 2.17. The third-order valence-electron chi connectivity index (χ3n) is 4.46. The summed E-state index contributed by atoms with van der Waals surface area (Å²) in [6.07, 6.45) is 0.228. The van der Waals surface area contributed by atoms with E-state index in [0.29, 0.717) is 16.8 Å². The van der Waals surface area contributed by atoms with Gasteiger partial charge in [0, 0.05) is 27.3 Å². The van der Waals surface area contributed by atoms with Crippen molar-refractivity contribution >= 4 is 44.8 Å². The summed E-state index contributed by atoms with van der Waals surface area (Å²) in [5, 5.41) is 12.5. The molecule has 0 bridgehead atoms. The molecule has 136 valence electrons. The molecule has 2 N–H and O–H groups in total. The van der Waals surface area contributed by atoms with Crippen molar-refractivity contribution < 1.29 is 19.1 Å². The van der Waals surface area contributed by atoms with Crippen LogP contribution in [0, 0.1) is 5.82 Å². The summed E-state index contributed by atoms with van der Waals surface area (Å²) in [6, 6.07) is 13.4. The van der Waals surface area contributed by atoms with Crippen molar-refractivity contribution in [1.82, 2.24) is 0 Å². The fourth-order valence-corrected chi connectivity index (χ4v) is 5.01.